The first-order valence-electron chi connectivity index (χ1n) is 7.19. The predicted octanol–water partition coefficient (Wildman–Crippen LogP) is 3.28. The highest BCUT2D eigenvalue weighted by molar-refractivity contribution is 6.81. The van der Waals surface area contributed by atoms with Crippen LogP contribution in [-0.2, 0) is 0 Å². The monoisotopic (exact) mass is 269 g/mol. The molecule has 0 aliphatic rings. The van der Waals surface area contributed by atoms with Gasteiger partial charge in [0.1, 0.15) is 0 Å². The number of nitriles is 1. The molecule has 0 radical (unpaired) electrons. The molecule has 0 aromatic rings. The van der Waals surface area contributed by atoms with E-state index in [2.05, 4.69) is 33.8 Å². The van der Waals surface area contributed by atoms with Crippen LogP contribution in [0.5, 0.6) is 0 Å². The fraction of sp³-hybridized carbons (Fsp3) is 0.923. The van der Waals surface area contributed by atoms with E-state index in [9.17, 15) is 15.3 Å². The molecule has 3 unspecified atom stereocenters. The van der Waals surface area contributed by atoms with Gasteiger partial charge in [-0.05, 0) is 5.54 Å². The van der Waals surface area contributed by atoms with Crippen LogP contribution in [0.4, 0.5) is 0 Å². The van der Waals surface area contributed by atoms with Crippen molar-refractivity contribution in [1.82, 2.24) is 0 Å². The highest BCUT2D eigenvalue weighted by atomic mass is 28.3. The standard InChI is InChI=1S/C13H28BNO2Si/c1-6-13(18(7-2,8-3)9-4)12(10-15)11(5)14(16)17/h11-13,16-17H,6-9H2,1-5H3. The van der Waals surface area contributed by atoms with Crippen molar-refractivity contribution in [2.75, 3.05) is 0 Å². The van der Waals surface area contributed by atoms with Gasteiger partial charge in [0.2, 0.25) is 0 Å². The van der Waals surface area contributed by atoms with Crippen molar-refractivity contribution in [3.63, 3.8) is 0 Å². The van der Waals surface area contributed by atoms with E-state index >= 15 is 0 Å². The zero-order chi connectivity index (χ0) is 14.3. The molecule has 2 N–H and O–H groups in total. The Bertz CT molecular complexity index is 268. The second-order valence-corrected chi connectivity index (χ2v) is 11.0. The van der Waals surface area contributed by atoms with E-state index in [0.29, 0.717) is 5.54 Å². The van der Waals surface area contributed by atoms with Gasteiger partial charge in [0, 0.05) is 11.7 Å². The third-order valence-corrected chi connectivity index (χ3v) is 11.5. The number of hydrogen-bond acceptors (Lipinski definition) is 3. The Hall–Kier alpha value is -0.308. The molecule has 0 rings (SSSR count). The summed E-state index contributed by atoms with van der Waals surface area (Å²) in [6.07, 6.45) is 0.969. The van der Waals surface area contributed by atoms with Crippen molar-refractivity contribution in [3.8, 4) is 6.07 Å². The molecule has 104 valence electrons. The first-order chi connectivity index (χ1) is 8.43. The fourth-order valence-corrected chi connectivity index (χ4v) is 8.44. The van der Waals surface area contributed by atoms with E-state index in [1.807, 2.05) is 0 Å². The van der Waals surface area contributed by atoms with Crippen molar-refractivity contribution in [2.45, 2.75) is 70.5 Å². The van der Waals surface area contributed by atoms with Crippen LogP contribution in [0, 0.1) is 17.2 Å². The molecule has 0 aliphatic carbocycles. The maximum absolute atomic E-state index is 9.45. The summed E-state index contributed by atoms with van der Waals surface area (Å²) >= 11 is 0. The third-order valence-electron chi connectivity index (χ3n) is 4.96. The second-order valence-electron chi connectivity index (χ2n) is 5.37. The molecule has 0 aromatic heterocycles. The van der Waals surface area contributed by atoms with E-state index in [4.69, 9.17) is 0 Å². The van der Waals surface area contributed by atoms with Gasteiger partial charge in [0.15, 0.2) is 0 Å². The summed E-state index contributed by atoms with van der Waals surface area (Å²) in [5.41, 5.74) is 0.360. The molecule has 3 atom stereocenters. The van der Waals surface area contributed by atoms with Gasteiger partial charge in [0.05, 0.1) is 14.1 Å². The van der Waals surface area contributed by atoms with Crippen LogP contribution < -0.4 is 0 Å². The lowest BCUT2D eigenvalue weighted by molar-refractivity contribution is 0.363. The average molecular weight is 269 g/mol. The summed E-state index contributed by atoms with van der Waals surface area (Å²) in [4.78, 5) is 0. The molecule has 0 amide bonds. The van der Waals surface area contributed by atoms with Crippen molar-refractivity contribution in [3.05, 3.63) is 0 Å². The molecule has 0 saturated carbocycles. The predicted molar refractivity (Wildman–Crippen MR) is 80.0 cm³/mol. The first kappa shape index (κ1) is 17.7. The zero-order valence-corrected chi connectivity index (χ0v) is 13.5. The lowest BCUT2D eigenvalue weighted by atomic mass is 9.66. The Kier molecular flexibility index (Phi) is 7.85. The molecule has 0 spiro atoms. The molecule has 0 heterocycles. The van der Waals surface area contributed by atoms with E-state index in [1.54, 1.807) is 6.92 Å². The lowest BCUT2D eigenvalue weighted by Crippen LogP contribution is -2.43. The summed E-state index contributed by atoms with van der Waals surface area (Å²) in [5, 5.41) is 28.2. The smallest absolute Gasteiger partial charge is 0.427 e. The average Bonchev–Trinajstić information content (AvgIpc) is 2.39. The SMILES string of the molecule is CCC(C(C#N)C(C)B(O)O)[Si](CC)(CC)CC. The summed E-state index contributed by atoms with van der Waals surface area (Å²) in [6, 6.07) is 5.87. The Morgan fingerprint density at radius 3 is 1.78 bits per heavy atom. The van der Waals surface area contributed by atoms with Gasteiger partial charge in [-0.25, -0.2) is 0 Å². The van der Waals surface area contributed by atoms with Gasteiger partial charge in [-0.15, -0.1) is 0 Å². The van der Waals surface area contributed by atoms with Crippen LogP contribution in [-0.4, -0.2) is 25.2 Å². The lowest BCUT2D eigenvalue weighted by Gasteiger charge is -2.41. The molecule has 0 fully saturated rings. The summed E-state index contributed by atoms with van der Waals surface area (Å²) in [6.45, 7) is 10.6. The largest absolute Gasteiger partial charge is 0.455 e. The summed E-state index contributed by atoms with van der Waals surface area (Å²) in [5.74, 6) is -0.599. The van der Waals surface area contributed by atoms with E-state index in [-0.39, 0.29) is 11.7 Å². The second kappa shape index (κ2) is 7.98. The highest BCUT2D eigenvalue weighted by Crippen LogP contribution is 2.45. The molecule has 18 heavy (non-hydrogen) atoms. The van der Waals surface area contributed by atoms with Crippen LogP contribution in [0.1, 0.15) is 41.0 Å². The van der Waals surface area contributed by atoms with Crippen LogP contribution in [0.2, 0.25) is 29.5 Å². The van der Waals surface area contributed by atoms with Crippen LogP contribution in [0.25, 0.3) is 0 Å². The molecular weight excluding hydrogens is 241 g/mol. The van der Waals surface area contributed by atoms with Crippen LogP contribution in [0.3, 0.4) is 0 Å². The molecule has 0 saturated heterocycles. The summed E-state index contributed by atoms with van der Waals surface area (Å²) < 4.78 is 0. The van der Waals surface area contributed by atoms with E-state index < -0.39 is 15.2 Å². The third kappa shape index (κ3) is 3.60. The van der Waals surface area contributed by atoms with Gasteiger partial charge >= 0.3 is 7.12 Å². The molecule has 5 heteroatoms. The van der Waals surface area contributed by atoms with Gasteiger partial charge < -0.3 is 10.0 Å². The maximum atomic E-state index is 9.45. The Morgan fingerprint density at radius 1 is 1.11 bits per heavy atom. The minimum Gasteiger partial charge on any atom is -0.427 e. The minimum absolute atomic E-state index is 0.235. The topological polar surface area (TPSA) is 64.2 Å². The van der Waals surface area contributed by atoms with E-state index in [1.165, 1.54) is 18.1 Å². The van der Waals surface area contributed by atoms with Gasteiger partial charge in [-0.1, -0.05) is 59.2 Å². The van der Waals surface area contributed by atoms with Gasteiger partial charge in [-0.3, -0.25) is 0 Å². The Labute approximate surface area is 113 Å². The van der Waals surface area contributed by atoms with Gasteiger partial charge in [-0.2, -0.15) is 5.26 Å². The number of rotatable bonds is 8. The molecule has 0 bridgehead atoms. The fourth-order valence-electron chi connectivity index (χ4n) is 3.36. The Morgan fingerprint density at radius 2 is 1.56 bits per heavy atom. The van der Waals surface area contributed by atoms with Crippen molar-refractivity contribution < 1.29 is 10.0 Å². The van der Waals surface area contributed by atoms with Crippen LogP contribution in [0.15, 0.2) is 0 Å². The summed E-state index contributed by atoms with van der Waals surface area (Å²) in [7, 11) is -2.87. The number of hydrogen-bond donors (Lipinski definition) is 2. The Balaban J connectivity index is 5.32. The van der Waals surface area contributed by atoms with Crippen molar-refractivity contribution in [2.24, 2.45) is 5.92 Å². The molecular formula is C13H28BNO2Si. The van der Waals surface area contributed by atoms with Crippen molar-refractivity contribution >= 4 is 15.2 Å². The first-order valence-corrected chi connectivity index (χ1v) is 9.89. The zero-order valence-electron chi connectivity index (χ0n) is 12.5. The van der Waals surface area contributed by atoms with E-state index in [0.717, 1.165) is 6.42 Å². The van der Waals surface area contributed by atoms with Crippen LogP contribution >= 0.6 is 0 Å². The normalized spacial score (nSPS) is 16.8. The maximum Gasteiger partial charge on any atom is 0.455 e. The molecule has 3 nitrogen and oxygen atoms in total. The molecule has 0 aliphatic heterocycles. The number of nitrogens with zero attached hydrogens (tertiary/aromatic N) is 1. The van der Waals surface area contributed by atoms with Crippen molar-refractivity contribution in [1.29, 1.82) is 5.26 Å². The highest BCUT2D eigenvalue weighted by Gasteiger charge is 2.43. The molecule has 0 aromatic carbocycles. The van der Waals surface area contributed by atoms with Gasteiger partial charge in [0.25, 0.3) is 0 Å². The quantitative estimate of drug-likeness (QED) is 0.665. The minimum atomic E-state index is -1.48.